The maximum atomic E-state index is 11.7. The SMILES string of the molecule is CCNC(=O)CC(CN)N1CCC2(CCCC2)C1. The minimum atomic E-state index is 0.139. The van der Waals surface area contributed by atoms with Gasteiger partial charge in [0.25, 0.3) is 0 Å². The summed E-state index contributed by atoms with van der Waals surface area (Å²) in [6.07, 6.45) is 7.39. The molecule has 0 aromatic rings. The predicted octanol–water partition coefficient (Wildman–Crippen LogP) is 1.11. The Balaban J connectivity index is 1.87. The molecule has 2 fully saturated rings. The lowest BCUT2D eigenvalue weighted by Gasteiger charge is -2.29. The van der Waals surface area contributed by atoms with E-state index in [1.807, 2.05) is 6.92 Å². The minimum absolute atomic E-state index is 0.139. The van der Waals surface area contributed by atoms with Crippen LogP contribution < -0.4 is 11.1 Å². The van der Waals surface area contributed by atoms with Crippen LogP contribution in [-0.2, 0) is 4.79 Å². The van der Waals surface area contributed by atoms with E-state index in [0.29, 0.717) is 24.9 Å². The highest BCUT2D eigenvalue weighted by atomic mass is 16.1. The van der Waals surface area contributed by atoms with Gasteiger partial charge in [0.15, 0.2) is 0 Å². The smallest absolute Gasteiger partial charge is 0.221 e. The van der Waals surface area contributed by atoms with Crippen molar-refractivity contribution in [1.82, 2.24) is 10.2 Å². The van der Waals surface area contributed by atoms with Gasteiger partial charge in [-0.1, -0.05) is 12.8 Å². The molecule has 1 aliphatic carbocycles. The molecule has 1 saturated heterocycles. The van der Waals surface area contributed by atoms with Gasteiger partial charge in [-0.2, -0.15) is 0 Å². The molecule has 0 radical (unpaired) electrons. The van der Waals surface area contributed by atoms with Crippen molar-refractivity contribution in [3.8, 4) is 0 Å². The van der Waals surface area contributed by atoms with Gasteiger partial charge in [-0.3, -0.25) is 9.69 Å². The molecule has 3 N–H and O–H groups in total. The van der Waals surface area contributed by atoms with Crippen LogP contribution >= 0.6 is 0 Å². The Hall–Kier alpha value is -0.610. The highest BCUT2D eigenvalue weighted by Gasteiger charge is 2.41. The molecule has 1 aliphatic heterocycles. The van der Waals surface area contributed by atoms with Crippen LogP contribution in [0.5, 0.6) is 0 Å². The first-order chi connectivity index (χ1) is 8.69. The molecule has 1 spiro atoms. The topological polar surface area (TPSA) is 58.4 Å². The molecule has 1 amide bonds. The predicted molar refractivity (Wildman–Crippen MR) is 73.2 cm³/mol. The molecule has 1 heterocycles. The van der Waals surface area contributed by atoms with Crippen molar-refractivity contribution < 1.29 is 4.79 Å². The van der Waals surface area contributed by atoms with Crippen LogP contribution in [-0.4, -0.2) is 43.0 Å². The van der Waals surface area contributed by atoms with Crippen molar-refractivity contribution >= 4 is 5.91 Å². The van der Waals surface area contributed by atoms with E-state index in [1.165, 1.54) is 32.1 Å². The van der Waals surface area contributed by atoms with Gasteiger partial charge >= 0.3 is 0 Å². The second-order valence-corrected chi connectivity index (χ2v) is 5.97. The van der Waals surface area contributed by atoms with Crippen LogP contribution in [0.3, 0.4) is 0 Å². The Morgan fingerprint density at radius 2 is 2.11 bits per heavy atom. The molecular formula is C14H27N3O. The highest BCUT2D eigenvalue weighted by Crippen LogP contribution is 2.45. The van der Waals surface area contributed by atoms with Crippen molar-refractivity contribution in [2.45, 2.75) is 51.5 Å². The summed E-state index contributed by atoms with van der Waals surface area (Å²) in [5.41, 5.74) is 6.43. The Labute approximate surface area is 110 Å². The number of carbonyl (C=O) groups excluding carboxylic acids is 1. The van der Waals surface area contributed by atoms with Gasteiger partial charge in [-0.15, -0.1) is 0 Å². The van der Waals surface area contributed by atoms with Crippen molar-refractivity contribution in [1.29, 1.82) is 0 Å². The Morgan fingerprint density at radius 3 is 2.72 bits per heavy atom. The van der Waals surface area contributed by atoms with E-state index in [2.05, 4.69) is 10.2 Å². The summed E-state index contributed by atoms with van der Waals surface area (Å²) < 4.78 is 0. The summed E-state index contributed by atoms with van der Waals surface area (Å²) in [7, 11) is 0. The zero-order chi connectivity index (χ0) is 13.0. The molecule has 104 valence electrons. The maximum Gasteiger partial charge on any atom is 0.221 e. The van der Waals surface area contributed by atoms with Gasteiger partial charge in [0, 0.05) is 32.1 Å². The van der Waals surface area contributed by atoms with Crippen LogP contribution in [0.4, 0.5) is 0 Å². The fourth-order valence-electron chi connectivity index (χ4n) is 3.66. The van der Waals surface area contributed by atoms with Gasteiger partial charge in [-0.05, 0) is 38.1 Å². The number of rotatable bonds is 5. The van der Waals surface area contributed by atoms with E-state index in [-0.39, 0.29) is 11.9 Å². The molecule has 4 nitrogen and oxygen atoms in total. The van der Waals surface area contributed by atoms with Gasteiger partial charge in [0.2, 0.25) is 5.91 Å². The summed E-state index contributed by atoms with van der Waals surface area (Å²) in [4.78, 5) is 14.1. The van der Waals surface area contributed by atoms with Crippen molar-refractivity contribution in [2.75, 3.05) is 26.2 Å². The third-order valence-electron chi connectivity index (χ3n) is 4.72. The maximum absolute atomic E-state index is 11.7. The van der Waals surface area contributed by atoms with Gasteiger partial charge < -0.3 is 11.1 Å². The monoisotopic (exact) mass is 253 g/mol. The minimum Gasteiger partial charge on any atom is -0.356 e. The number of likely N-dealkylation sites (tertiary alicyclic amines) is 1. The van der Waals surface area contributed by atoms with E-state index in [0.717, 1.165) is 13.1 Å². The summed E-state index contributed by atoms with van der Waals surface area (Å²) in [6.45, 7) is 5.54. The Kier molecular flexibility index (Phi) is 4.62. The van der Waals surface area contributed by atoms with Crippen molar-refractivity contribution in [3.05, 3.63) is 0 Å². The zero-order valence-electron chi connectivity index (χ0n) is 11.6. The molecule has 2 rings (SSSR count). The highest BCUT2D eigenvalue weighted by molar-refractivity contribution is 5.76. The molecule has 1 unspecified atom stereocenters. The van der Waals surface area contributed by atoms with Gasteiger partial charge in [0.05, 0.1) is 0 Å². The van der Waals surface area contributed by atoms with E-state index >= 15 is 0 Å². The number of nitrogens with zero attached hydrogens (tertiary/aromatic N) is 1. The molecule has 0 aromatic heterocycles. The van der Waals surface area contributed by atoms with Gasteiger partial charge in [0.1, 0.15) is 0 Å². The first-order valence-electron chi connectivity index (χ1n) is 7.40. The first-order valence-corrected chi connectivity index (χ1v) is 7.40. The number of hydrogen-bond donors (Lipinski definition) is 2. The second-order valence-electron chi connectivity index (χ2n) is 5.97. The zero-order valence-corrected chi connectivity index (χ0v) is 11.6. The molecule has 0 aromatic carbocycles. The molecule has 2 aliphatic rings. The number of hydrogen-bond acceptors (Lipinski definition) is 3. The van der Waals surface area contributed by atoms with Crippen LogP contribution in [0.1, 0.15) is 45.4 Å². The van der Waals surface area contributed by atoms with Crippen LogP contribution in [0.15, 0.2) is 0 Å². The second kappa shape index (κ2) is 6.02. The normalized spacial score (nSPS) is 24.6. The van der Waals surface area contributed by atoms with Crippen molar-refractivity contribution in [3.63, 3.8) is 0 Å². The molecule has 4 heteroatoms. The molecule has 1 saturated carbocycles. The van der Waals surface area contributed by atoms with Crippen molar-refractivity contribution in [2.24, 2.45) is 11.1 Å². The average molecular weight is 253 g/mol. The van der Waals surface area contributed by atoms with Crippen LogP contribution in [0.25, 0.3) is 0 Å². The number of nitrogens with one attached hydrogen (secondary N) is 1. The molecule has 1 atom stereocenters. The first kappa shape index (κ1) is 13.8. The standard InChI is InChI=1S/C14H27N3O/c1-2-16-13(18)9-12(10-15)17-8-7-14(11-17)5-3-4-6-14/h12H,2-11,15H2,1H3,(H,16,18). The summed E-state index contributed by atoms with van der Waals surface area (Å²) in [6, 6.07) is 0.233. The number of carbonyl (C=O) groups is 1. The van der Waals surface area contributed by atoms with Crippen LogP contribution in [0, 0.1) is 5.41 Å². The lowest BCUT2D eigenvalue weighted by molar-refractivity contribution is -0.122. The van der Waals surface area contributed by atoms with E-state index in [9.17, 15) is 4.79 Å². The number of amides is 1. The summed E-state index contributed by atoms with van der Waals surface area (Å²) >= 11 is 0. The van der Waals surface area contributed by atoms with E-state index in [4.69, 9.17) is 5.73 Å². The average Bonchev–Trinajstić information content (AvgIpc) is 2.98. The largest absolute Gasteiger partial charge is 0.356 e. The molecular weight excluding hydrogens is 226 g/mol. The summed E-state index contributed by atoms with van der Waals surface area (Å²) in [5, 5.41) is 2.87. The van der Waals surface area contributed by atoms with Crippen LogP contribution in [0.2, 0.25) is 0 Å². The quantitative estimate of drug-likeness (QED) is 0.771. The molecule has 18 heavy (non-hydrogen) atoms. The summed E-state index contributed by atoms with van der Waals surface area (Å²) in [5.74, 6) is 0.139. The molecule has 0 bridgehead atoms. The Bertz CT molecular complexity index is 287. The fourth-order valence-corrected chi connectivity index (χ4v) is 3.66. The lowest BCUT2D eigenvalue weighted by atomic mass is 9.85. The van der Waals surface area contributed by atoms with Gasteiger partial charge in [-0.25, -0.2) is 0 Å². The lowest BCUT2D eigenvalue weighted by Crippen LogP contribution is -2.43. The van der Waals surface area contributed by atoms with E-state index < -0.39 is 0 Å². The fraction of sp³-hybridized carbons (Fsp3) is 0.929. The third-order valence-corrected chi connectivity index (χ3v) is 4.72. The Morgan fingerprint density at radius 1 is 1.39 bits per heavy atom. The van der Waals surface area contributed by atoms with E-state index in [1.54, 1.807) is 0 Å². The third kappa shape index (κ3) is 3.04. The number of nitrogens with two attached hydrogens (primary N) is 1.